The van der Waals surface area contributed by atoms with E-state index < -0.39 is 6.36 Å². The van der Waals surface area contributed by atoms with E-state index in [1.807, 2.05) is 23.7 Å². The van der Waals surface area contributed by atoms with Gasteiger partial charge in [-0.15, -0.1) is 13.2 Å². The molecule has 0 aliphatic heterocycles. The first-order valence-corrected chi connectivity index (χ1v) is 9.45. The highest BCUT2D eigenvalue weighted by atomic mass is 19.4. The summed E-state index contributed by atoms with van der Waals surface area (Å²) >= 11 is 0. The molecule has 166 valence electrons. The van der Waals surface area contributed by atoms with Crippen LogP contribution >= 0.6 is 0 Å². The van der Waals surface area contributed by atoms with Gasteiger partial charge >= 0.3 is 6.36 Å². The number of methoxy groups -OCH3 is 2. The fraction of sp³-hybridized carbons (Fsp3) is 0.182. The van der Waals surface area contributed by atoms with Gasteiger partial charge in [0.15, 0.2) is 11.5 Å². The normalized spacial score (nSPS) is 11.4. The molecule has 4 rings (SSSR count). The fourth-order valence-electron chi connectivity index (χ4n) is 3.32. The highest BCUT2D eigenvalue weighted by Crippen LogP contribution is 2.33. The number of benzene rings is 2. The lowest BCUT2D eigenvalue weighted by atomic mass is 10.2. The smallest absolute Gasteiger partial charge is 0.493 e. The second-order valence-electron chi connectivity index (χ2n) is 6.82. The summed E-state index contributed by atoms with van der Waals surface area (Å²) in [6, 6.07) is 12.8. The molecule has 7 nitrogen and oxygen atoms in total. The Hall–Kier alpha value is -3.95. The van der Waals surface area contributed by atoms with Crippen molar-refractivity contribution < 1.29 is 27.4 Å². The van der Waals surface area contributed by atoms with Crippen molar-refractivity contribution in [2.75, 3.05) is 19.5 Å². The van der Waals surface area contributed by atoms with Gasteiger partial charge in [0, 0.05) is 30.4 Å². The Kier molecular flexibility index (Phi) is 5.52. The Morgan fingerprint density at radius 2 is 1.75 bits per heavy atom. The molecule has 0 fully saturated rings. The molecule has 0 aliphatic carbocycles. The van der Waals surface area contributed by atoms with Crippen LogP contribution in [-0.4, -0.2) is 35.1 Å². The lowest BCUT2D eigenvalue weighted by Crippen LogP contribution is -2.17. The number of aryl methyl sites for hydroxylation is 1. The number of nitrogens with one attached hydrogen (secondary N) is 1. The minimum atomic E-state index is -4.76. The zero-order valence-electron chi connectivity index (χ0n) is 17.4. The van der Waals surface area contributed by atoms with Gasteiger partial charge in [0.25, 0.3) is 0 Å². The number of anilines is 2. The number of alkyl halides is 3. The number of rotatable bonds is 6. The number of imidazole rings is 1. The van der Waals surface area contributed by atoms with Crippen molar-refractivity contribution in [3.8, 4) is 28.6 Å². The van der Waals surface area contributed by atoms with Crippen molar-refractivity contribution in [3.05, 3.63) is 54.7 Å². The summed E-state index contributed by atoms with van der Waals surface area (Å²) in [5.74, 6) is 2.02. The first-order chi connectivity index (χ1) is 15.3. The van der Waals surface area contributed by atoms with Gasteiger partial charge in [-0.25, -0.2) is 9.97 Å². The van der Waals surface area contributed by atoms with E-state index in [4.69, 9.17) is 9.47 Å². The first-order valence-electron chi connectivity index (χ1n) is 9.45. The van der Waals surface area contributed by atoms with Crippen molar-refractivity contribution in [2.45, 2.75) is 6.36 Å². The minimum Gasteiger partial charge on any atom is -0.493 e. The standard InChI is InChI=1S/C22H19F3N4O3/c1-29-17-11-20(27-14-5-4-6-15(10-14)32-22(23,24)25)26-12-16(17)28-21(29)13-7-8-18(30-2)19(9-13)31-3/h4-12H,1-3H3,(H,26,27). The number of pyridine rings is 1. The van der Waals surface area contributed by atoms with Crippen LogP contribution in [0.3, 0.4) is 0 Å². The van der Waals surface area contributed by atoms with Crippen molar-refractivity contribution in [1.82, 2.24) is 14.5 Å². The molecule has 0 aliphatic rings. The van der Waals surface area contributed by atoms with Crippen LogP contribution in [-0.2, 0) is 7.05 Å². The van der Waals surface area contributed by atoms with Crippen LogP contribution in [0.5, 0.6) is 17.2 Å². The maximum atomic E-state index is 12.5. The largest absolute Gasteiger partial charge is 0.573 e. The lowest BCUT2D eigenvalue weighted by Gasteiger charge is -2.11. The van der Waals surface area contributed by atoms with Gasteiger partial charge in [0.05, 0.1) is 25.9 Å². The molecule has 0 amide bonds. The van der Waals surface area contributed by atoms with E-state index in [0.29, 0.717) is 34.3 Å². The van der Waals surface area contributed by atoms with Crippen LogP contribution in [0.2, 0.25) is 0 Å². The molecular formula is C22H19F3N4O3. The molecular weight excluding hydrogens is 425 g/mol. The molecule has 2 aromatic heterocycles. The Labute approximate surface area is 181 Å². The molecule has 32 heavy (non-hydrogen) atoms. The second-order valence-corrected chi connectivity index (χ2v) is 6.82. The van der Waals surface area contributed by atoms with Crippen LogP contribution in [0.4, 0.5) is 24.7 Å². The number of hydrogen-bond donors (Lipinski definition) is 1. The third kappa shape index (κ3) is 4.39. The van der Waals surface area contributed by atoms with E-state index >= 15 is 0 Å². The maximum Gasteiger partial charge on any atom is 0.573 e. The molecule has 0 unspecified atom stereocenters. The predicted octanol–water partition coefficient (Wildman–Crippen LogP) is 5.29. The summed E-state index contributed by atoms with van der Waals surface area (Å²) in [7, 11) is 4.99. The molecule has 0 bridgehead atoms. The van der Waals surface area contributed by atoms with Crippen molar-refractivity contribution in [2.24, 2.45) is 7.05 Å². The molecule has 4 aromatic rings. The van der Waals surface area contributed by atoms with Crippen molar-refractivity contribution >= 4 is 22.5 Å². The first kappa shape index (κ1) is 21.3. The van der Waals surface area contributed by atoms with Crippen LogP contribution in [0.25, 0.3) is 22.4 Å². The van der Waals surface area contributed by atoms with Gasteiger partial charge in [0.2, 0.25) is 0 Å². The van der Waals surface area contributed by atoms with E-state index in [1.165, 1.54) is 18.2 Å². The highest BCUT2D eigenvalue weighted by Gasteiger charge is 2.31. The summed E-state index contributed by atoms with van der Waals surface area (Å²) in [4.78, 5) is 8.97. The van der Waals surface area contributed by atoms with E-state index in [9.17, 15) is 13.2 Å². The van der Waals surface area contributed by atoms with E-state index in [-0.39, 0.29) is 5.75 Å². The Morgan fingerprint density at radius 3 is 2.47 bits per heavy atom. The molecule has 0 spiro atoms. The topological polar surface area (TPSA) is 70.4 Å². The summed E-state index contributed by atoms with van der Waals surface area (Å²) in [5, 5.41) is 3.00. The van der Waals surface area contributed by atoms with Crippen LogP contribution < -0.4 is 19.5 Å². The van der Waals surface area contributed by atoms with Crippen molar-refractivity contribution in [3.63, 3.8) is 0 Å². The second kappa shape index (κ2) is 8.29. The van der Waals surface area contributed by atoms with Crippen LogP contribution in [0.1, 0.15) is 0 Å². The van der Waals surface area contributed by atoms with E-state index in [0.717, 1.165) is 11.1 Å². The third-order valence-electron chi connectivity index (χ3n) is 4.75. The average molecular weight is 444 g/mol. The highest BCUT2D eigenvalue weighted by molar-refractivity contribution is 5.83. The van der Waals surface area contributed by atoms with Gasteiger partial charge in [-0.05, 0) is 30.3 Å². The predicted molar refractivity (Wildman–Crippen MR) is 113 cm³/mol. The molecule has 1 N–H and O–H groups in total. The number of hydrogen-bond acceptors (Lipinski definition) is 6. The summed E-state index contributed by atoms with van der Waals surface area (Å²) in [6.07, 6.45) is -3.16. The van der Waals surface area contributed by atoms with Crippen LogP contribution in [0, 0.1) is 0 Å². The van der Waals surface area contributed by atoms with Gasteiger partial charge in [-0.1, -0.05) is 6.07 Å². The van der Waals surface area contributed by atoms with Crippen LogP contribution in [0.15, 0.2) is 54.7 Å². The molecule has 10 heteroatoms. The maximum absolute atomic E-state index is 12.5. The third-order valence-corrected chi connectivity index (χ3v) is 4.75. The Bertz CT molecular complexity index is 1270. The number of nitrogens with zero attached hydrogens (tertiary/aromatic N) is 3. The van der Waals surface area contributed by atoms with E-state index in [1.54, 1.807) is 38.6 Å². The summed E-state index contributed by atoms with van der Waals surface area (Å²) < 4.78 is 53.9. The molecule has 2 heterocycles. The Balaban J connectivity index is 1.65. The quantitative estimate of drug-likeness (QED) is 0.436. The number of fused-ring (bicyclic) bond motifs is 1. The zero-order chi connectivity index (χ0) is 22.9. The van der Waals surface area contributed by atoms with Gasteiger partial charge in [-0.2, -0.15) is 0 Å². The lowest BCUT2D eigenvalue weighted by molar-refractivity contribution is -0.274. The molecule has 2 aromatic carbocycles. The van der Waals surface area contributed by atoms with E-state index in [2.05, 4.69) is 20.0 Å². The minimum absolute atomic E-state index is 0.320. The van der Waals surface area contributed by atoms with Gasteiger partial charge in [-0.3, -0.25) is 0 Å². The molecule has 0 radical (unpaired) electrons. The summed E-state index contributed by atoms with van der Waals surface area (Å²) in [5.41, 5.74) is 2.68. The monoisotopic (exact) mass is 444 g/mol. The fourth-order valence-corrected chi connectivity index (χ4v) is 3.32. The number of halogens is 3. The molecule has 0 atom stereocenters. The molecule has 0 saturated heterocycles. The van der Waals surface area contributed by atoms with Crippen molar-refractivity contribution in [1.29, 1.82) is 0 Å². The Morgan fingerprint density at radius 1 is 0.969 bits per heavy atom. The molecule has 0 saturated carbocycles. The average Bonchev–Trinajstić information content (AvgIpc) is 3.08. The number of aromatic nitrogens is 3. The van der Waals surface area contributed by atoms with Gasteiger partial charge < -0.3 is 24.1 Å². The summed E-state index contributed by atoms with van der Waals surface area (Å²) in [6.45, 7) is 0. The van der Waals surface area contributed by atoms with Gasteiger partial charge in [0.1, 0.15) is 22.9 Å². The SMILES string of the molecule is COc1ccc(-c2nc3cnc(Nc4cccc(OC(F)(F)F)c4)cc3n2C)cc1OC. The number of ether oxygens (including phenoxy) is 3. The zero-order valence-corrected chi connectivity index (χ0v) is 17.4.